The van der Waals surface area contributed by atoms with Gasteiger partial charge in [-0.3, -0.25) is 14.4 Å². The standard InChI is InChI=1S/C27H28ClF2N3O4/c1-4-20-23(15(2)34)17-9-5-6-11-21(17)32(20)14-22(35)33-13-19(29)26(37-3)25(33)27(36)31-12-16-8-7-10-18(28)24(16)30/h5-11,19,25-26H,4,12-14H2,1-3H3,(H,31,36)/t19-,25-,26+/m0/s1. The zero-order valence-electron chi connectivity index (χ0n) is 20.8. The quantitative estimate of drug-likeness (QED) is 0.444. The number of para-hydroxylation sites is 1. The number of ether oxygens (including phenoxy) is 1. The van der Waals surface area contributed by atoms with Crippen LogP contribution in [0.2, 0.25) is 5.02 Å². The van der Waals surface area contributed by atoms with Gasteiger partial charge in [-0.25, -0.2) is 8.78 Å². The van der Waals surface area contributed by atoms with E-state index in [0.29, 0.717) is 23.2 Å². The minimum absolute atomic E-state index is 0.0846. The zero-order chi connectivity index (χ0) is 26.9. The van der Waals surface area contributed by atoms with Crippen LogP contribution >= 0.6 is 11.6 Å². The molecule has 0 unspecified atom stereocenters. The van der Waals surface area contributed by atoms with Gasteiger partial charge in [0.1, 0.15) is 30.7 Å². The van der Waals surface area contributed by atoms with Gasteiger partial charge in [0, 0.05) is 41.4 Å². The molecule has 7 nitrogen and oxygen atoms in total. The molecule has 37 heavy (non-hydrogen) atoms. The molecule has 3 atom stereocenters. The highest BCUT2D eigenvalue weighted by Crippen LogP contribution is 2.29. The first kappa shape index (κ1) is 26.8. The van der Waals surface area contributed by atoms with Crippen LogP contribution in [0.1, 0.15) is 35.5 Å². The highest BCUT2D eigenvalue weighted by Gasteiger charge is 2.48. The van der Waals surface area contributed by atoms with Crippen LogP contribution in [0.3, 0.4) is 0 Å². The Balaban J connectivity index is 1.62. The largest absolute Gasteiger partial charge is 0.376 e. The fraction of sp³-hybridized carbons (Fsp3) is 0.370. The summed E-state index contributed by atoms with van der Waals surface area (Å²) in [5.41, 5.74) is 2.10. The van der Waals surface area contributed by atoms with Crippen LogP contribution in [0.25, 0.3) is 10.9 Å². The summed E-state index contributed by atoms with van der Waals surface area (Å²) in [6.45, 7) is 2.66. The van der Waals surface area contributed by atoms with E-state index in [2.05, 4.69) is 5.32 Å². The number of ketones is 1. The number of nitrogens with one attached hydrogen (secondary N) is 1. The molecule has 0 saturated carbocycles. The Labute approximate surface area is 218 Å². The van der Waals surface area contributed by atoms with Crippen LogP contribution < -0.4 is 5.32 Å². The molecule has 0 bridgehead atoms. The Hall–Kier alpha value is -3.30. The minimum Gasteiger partial charge on any atom is -0.376 e. The van der Waals surface area contributed by atoms with Crippen molar-refractivity contribution < 1.29 is 27.9 Å². The number of carbonyl (C=O) groups is 3. The second kappa shape index (κ2) is 11.0. The number of rotatable bonds is 8. The van der Waals surface area contributed by atoms with Crippen molar-refractivity contribution >= 4 is 40.1 Å². The van der Waals surface area contributed by atoms with Gasteiger partial charge in [-0.15, -0.1) is 0 Å². The third-order valence-electron chi connectivity index (χ3n) is 6.78. The average Bonchev–Trinajstić information content (AvgIpc) is 3.39. The van der Waals surface area contributed by atoms with Crippen LogP contribution in [0.5, 0.6) is 0 Å². The van der Waals surface area contributed by atoms with E-state index in [1.807, 2.05) is 31.2 Å². The molecule has 0 spiro atoms. The summed E-state index contributed by atoms with van der Waals surface area (Å²) in [5.74, 6) is -1.95. The lowest BCUT2D eigenvalue weighted by atomic mass is 10.1. The summed E-state index contributed by atoms with van der Waals surface area (Å²) in [6.07, 6.45) is -2.28. The molecule has 4 rings (SSSR count). The Kier molecular flexibility index (Phi) is 7.94. The molecule has 1 aromatic heterocycles. The number of halogens is 3. The molecule has 1 aliphatic heterocycles. The van der Waals surface area contributed by atoms with E-state index in [1.54, 1.807) is 10.6 Å². The van der Waals surface area contributed by atoms with E-state index in [4.69, 9.17) is 16.3 Å². The van der Waals surface area contributed by atoms with Crippen molar-refractivity contribution in [1.29, 1.82) is 0 Å². The minimum atomic E-state index is -1.59. The third kappa shape index (κ3) is 4.98. The SMILES string of the molecule is CCc1c(C(C)=O)c2ccccc2n1CC(=O)N1C[C@H](F)[C@@H](OC)[C@H]1C(=O)NCc1cccc(Cl)c1F. The maximum Gasteiger partial charge on any atom is 0.245 e. The van der Waals surface area contributed by atoms with Gasteiger partial charge in [0.25, 0.3) is 0 Å². The Morgan fingerprint density at radius 3 is 2.57 bits per heavy atom. The van der Waals surface area contributed by atoms with Gasteiger partial charge in [0.15, 0.2) is 5.78 Å². The van der Waals surface area contributed by atoms with Gasteiger partial charge in [-0.1, -0.05) is 48.9 Å². The molecule has 2 aromatic carbocycles. The number of aromatic nitrogens is 1. The zero-order valence-corrected chi connectivity index (χ0v) is 21.5. The van der Waals surface area contributed by atoms with Gasteiger partial charge in [-0.2, -0.15) is 0 Å². The van der Waals surface area contributed by atoms with Crippen molar-refractivity contribution in [3.05, 3.63) is 70.1 Å². The summed E-state index contributed by atoms with van der Waals surface area (Å²) < 4.78 is 36.2. The number of hydrogen-bond donors (Lipinski definition) is 1. The van der Waals surface area contributed by atoms with Crippen LogP contribution in [0.15, 0.2) is 42.5 Å². The Bertz CT molecular complexity index is 1360. The number of likely N-dealkylation sites (tertiary alicyclic amines) is 1. The molecule has 0 radical (unpaired) electrons. The number of alkyl halides is 1. The lowest BCUT2D eigenvalue weighted by molar-refractivity contribution is -0.141. The topological polar surface area (TPSA) is 80.6 Å². The van der Waals surface area contributed by atoms with Crippen molar-refractivity contribution in [2.75, 3.05) is 13.7 Å². The molecule has 1 fully saturated rings. The average molecular weight is 532 g/mol. The molecule has 10 heteroatoms. The van der Waals surface area contributed by atoms with E-state index < -0.39 is 35.9 Å². The van der Waals surface area contributed by atoms with Gasteiger partial charge in [-0.05, 0) is 25.5 Å². The number of nitrogens with zero attached hydrogens (tertiary/aromatic N) is 2. The number of hydrogen-bond acceptors (Lipinski definition) is 4. The maximum atomic E-state index is 14.9. The van der Waals surface area contributed by atoms with Crippen molar-refractivity contribution in [3.63, 3.8) is 0 Å². The molecule has 2 heterocycles. The Morgan fingerprint density at radius 2 is 1.89 bits per heavy atom. The van der Waals surface area contributed by atoms with Crippen molar-refractivity contribution in [2.45, 2.75) is 51.7 Å². The van der Waals surface area contributed by atoms with E-state index in [9.17, 15) is 23.2 Å². The van der Waals surface area contributed by atoms with E-state index in [0.717, 1.165) is 10.3 Å². The monoisotopic (exact) mass is 531 g/mol. The van der Waals surface area contributed by atoms with E-state index in [1.165, 1.54) is 26.2 Å². The summed E-state index contributed by atoms with van der Waals surface area (Å²) in [7, 11) is 1.27. The highest BCUT2D eigenvalue weighted by molar-refractivity contribution is 6.30. The lowest BCUT2D eigenvalue weighted by Gasteiger charge is -2.27. The number of benzene rings is 2. The number of fused-ring (bicyclic) bond motifs is 1. The lowest BCUT2D eigenvalue weighted by Crippen LogP contribution is -2.51. The van der Waals surface area contributed by atoms with Gasteiger partial charge in [0.05, 0.1) is 11.6 Å². The molecular formula is C27H28ClF2N3O4. The van der Waals surface area contributed by atoms with Crippen LogP contribution in [0.4, 0.5) is 8.78 Å². The first-order valence-electron chi connectivity index (χ1n) is 12.0. The maximum absolute atomic E-state index is 14.9. The number of Topliss-reactive ketones (excluding diaryl/α,β-unsaturated/α-hetero) is 1. The molecule has 3 aromatic rings. The molecule has 1 aliphatic rings. The smallest absolute Gasteiger partial charge is 0.245 e. The van der Waals surface area contributed by atoms with E-state index >= 15 is 0 Å². The van der Waals surface area contributed by atoms with Crippen LogP contribution in [-0.4, -0.2) is 59.0 Å². The predicted molar refractivity (Wildman–Crippen MR) is 136 cm³/mol. The molecule has 0 aliphatic carbocycles. The number of methoxy groups -OCH3 is 1. The summed E-state index contributed by atoms with van der Waals surface area (Å²) in [5, 5.41) is 3.23. The fourth-order valence-corrected chi connectivity index (χ4v) is 5.29. The number of amides is 2. The normalized spacial score (nSPS) is 19.4. The molecule has 1 N–H and O–H groups in total. The highest BCUT2D eigenvalue weighted by atomic mass is 35.5. The third-order valence-corrected chi connectivity index (χ3v) is 7.07. The summed E-state index contributed by atoms with van der Waals surface area (Å²) in [4.78, 5) is 40.3. The number of carbonyl (C=O) groups excluding carboxylic acids is 3. The van der Waals surface area contributed by atoms with E-state index in [-0.39, 0.29) is 36.0 Å². The first-order valence-corrected chi connectivity index (χ1v) is 12.3. The molecule has 1 saturated heterocycles. The van der Waals surface area contributed by atoms with Gasteiger partial charge >= 0.3 is 0 Å². The molecule has 2 amide bonds. The molecule has 196 valence electrons. The fourth-order valence-electron chi connectivity index (χ4n) is 5.10. The van der Waals surface area contributed by atoms with Crippen molar-refractivity contribution in [2.24, 2.45) is 0 Å². The summed E-state index contributed by atoms with van der Waals surface area (Å²) >= 11 is 5.82. The first-order chi connectivity index (χ1) is 17.7. The van der Waals surface area contributed by atoms with Crippen LogP contribution in [0, 0.1) is 5.82 Å². The summed E-state index contributed by atoms with van der Waals surface area (Å²) in [6, 6.07) is 10.4. The second-order valence-corrected chi connectivity index (χ2v) is 9.38. The second-order valence-electron chi connectivity index (χ2n) is 8.97. The Morgan fingerprint density at radius 1 is 1.16 bits per heavy atom. The van der Waals surface area contributed by atoms with Gasteiger partial charge in [0.2, 0.25) is 11.8 Å². The molecular weight excluding hydrogens is 504 g/mol. The van der Waals surface area contributed by atoms with Crippen molar-refractivity contribution in [1.82, 2.24) is 14.8 Å². The van der Waals surface area contributed by atoms with Crippen molar-refractivity contribution in [3.8, 4) is 0 Å². The van der Waals surface area contributed by atoms with Crippen LogP contribution in [-0.2, 0) is 33.8 Å². The predicted octanol–water partition coefficient (Wildman–Crippen LogP) is 4.08. The van der Waals surface area contributed by atoms with Gasteiger partial charge < -0.3 is 19.5 Å².